The van der Waals surface area contributed by atoms with Crippen molar-refractivity contribution in [2.24, 2.45) is 0 Å². The SMILES string of the molecule is [CH2]C(CN1CCOCC1)N1CCOCC1. The van der Waals surface area contributed by atoms with Crippen LogP contribution >= 0.6 is 0 Å². The van der Waals surface area contributed by atoms with E-state index in [1.807, 2.05) is 0 Å². The number of rotatable bonds is 3. The Hall–Kier alpha value is -0.160. The van der Waals surface area contributed by atoms with Gasteiger partial charge in [0.15, 0.2) is 0 Å². The summed E-state index contributed by atoms with van der Waals surface area (Å²) in [6, 6.07) is 0.395. The van der Waals surface area contributed by atoms with Gasteiger partial charge in [0, 0.05) is 38.8 Å². The fraction of sp³-hybridized carbons (Fsp3) is 0.909. The third-order valence-electron chi connectivity index (χ3n) is 3.13. The van der Waals surface area contributed by atoms with Crippen molar-refractivity contribution in [1.82, 2.24) is 9.80 Å². The van der Waals surface area contributed by atoms with Gasteiger partial charge in [0.2, 0.25) is 0 Å². The van der Waals surface area contributed by atoms with Gasteiger partial charge in [0.05, 0.1) is 26.4 Å². The van der Waals surface area contributed by atoms with Crippen molar-refractivity contribution in [1.29, 1.82) is 0 Å². The fourth-order valence-corrected chi connectivity index (χ4v) is 2.14. The van der Waals surface area contributed by atoms with Crippen LogP contribution in [0.2, 0.25) is 0 Å². The van der Waals surface area contributed by atoms with Gasteiger partial charge >= 0.3 is 0 Å². The molecule has 0 saturated carbocycles. The lowest BCUT2D eigenvalue weighted by molar-refractivity contribution is -0.000236. The number of hydrogen-bond acceptors (Lipinski definition) is 4. The molecule has 1 unspecified atom stereocenters. The monoisotopic (exact) mass is 213 g/mol. The van der Waals surface area contributed by atoms with E-state index in [2.05, 4.69) is 16.7 Å². The quantitative estimate of drug-likeness (QED) is 0.651. The van der Waals surface area contributed by atoms with Gasteiger partial charge in [-0.05, 0) is 6.92 Å². The largest absolute Gasteiger partial charge is 0.379 e. The van der Waals surface area contributed by atoms with Crippen molar-refractivity contribution in [2.45, 2.75) is 6.04 Å². The van der Waals surface area contributed by atoms with Crippen LogP contribution < -0.4 is 0 Å². The zero-order valence-electron chi connectivity index (χ0n) is 9.36. The Labute approximate surface area is 92.1 Å². The first-order chi connectivity index (χ1) is 7.36. The highest BCUT2D eigenvalue weighted by Crippen LogP contribution is 2.06. The average molecular weight is 213 g/mol. The molecule has 0 N–H and O–H groups in total. The van der Waals surface area contributed by atoms with Crippen LogP contribution in [0.5, 0.6) is 0 Å². The van der Waals surface area contributed by atoms with Gasteiger partial charge < -0.3 is 9.47 Å². The summed E-state index contributed by atoms with van der Waals surface area (Å²) in [7, 11) is 0. The Morgan fingerprint density at radius 2 is 1.47 bits per heavy atom. The van der Waals surface area contributed by atoms with Crippen LogP contribution in [-0.2, 0) is 9.47 Å². The second-order valence-corrected chi connectivity index (χ2v) is 4.22. The number of hydrogen-bond donors (Lipinski definition) is 0. The fourth-order valence-electron chi connectivity index (χ4n) is 2.14. The van der Waals surface area contributed by atoms with Crippen LogP contribution in [0.3, 0.4) is 0 Å². The zero-order valence-corrected chi connectivity index (χ0v) is 9.36. The van der Waals surface area contributed by atoms with E-state index in [1.54, 1.807) is 0 Å². The van der Waals surface area contributed by atoms with E-state index >= 15 is 0 Å². The third-order valence-corrected chi connectivity index (χ3v) is 3.13. The molecule has 4 nitrogen and oxygen atoms in total. The van der Waals surface area contributed by atoms with E-state index in [-0.39, 0.29) is 0 Å². The lowest BCUT2D eigenvalue weighted by atomic mass is 10.2. The maximum absolute atomic E-state index is 5.34. The van der Waals surface area contributed by atoms with Gasteiger partial charge in [-0.1, -0.05) is 0 Å². The summed E-state index contributed by atoms with van der Waals surface area (Å²) in [5.74, 6) is 0. The molecule has 2 fully saturated rings. The molecule has 0 aromatic heterocycles. The van der Waals surface area contributed by atoms with Gasteiger partial charge in [-0.25, -0.2) is 0 Å². The minimum atomic E-state index is 0.395. The molecule has 2 saturated heterocycles. The molecule has 0 aromatic rings. The van der Waals surface area contributed by atoms with Crippen LogP contribution in [0.1, 0.15) is 0 Å². The topological polar surface area (TPSA) is 24.9 Å². The summed E-state index contributed by atoms with van der Waals surface area (Å²) in [4.78, 5) is 4.86. The lowest BCUT2D eigenvalue weighted by Gasteiger charge is -2.36. The lowest BCUT2D eigenvalue weighted by Crippen LogP contribution is -2.49. The predicted octanol–water partition coefficient (Wildman–Crippen LogP) is -0.147. The summed E-state index contributed by atoms with van der Waals surface area (Å²) >= 11 is 0. The second-order valence-electron chi connectivity index (χ2n) is 4.22. The highest BCUT2D eigenvalue weighted by Gasteiger charge is 2.20. The van der Waals surface area contributed by atoms with Crippen LogP contribution in [0.15, 0.2) is 0 Å². The first kappa shape index (κ1) is 11.3. The van der Waals surface area contributed by atoms with Crippen LogP contribution in [0.4, 0.5) is 0 Å². The normalized spacial score (nSPS) is 27.8. The van der Waals surface area contributed by atoms with Crippen molar-refractivity contribution in [3.05, 3.63) is 6.92 Å². The summed E-state index contributed by atoms with van der Waals surface area (Å²) in [6.45, 7) is 12.9. The smallest absolute Gasteiger partial charge is 0.0594 e. The van der Waals surface area contributed by atoms with E-state index in [1.165, 1.54) is 0 Å². The van der Waals surface area contributed by atoms with Crippen LogP contribution in [0.25, 0.3) is 0 Å². The second kappa shape index (κ2) is 5.80. The Morgan fingerprint density at radius 1 is 0.933 bits per heavy atom. The van der Waals surface area contributed by atoms with Crippen LogP contribution in [-0.4, -0.2) is 75.0 Å². The average Bonchev–Trinajstić information content (AvgIpc) is 2.31. The van der Waals surface area contributed by atoms with Crippen molar-refractivity contribution < 1.29 is 9.47 Å². The molecule has 15 heavy (non-hydrogen) atoms. The minimum absolute atomic E-state index is 0.395. The highest BCUT2D eigenvalue weighted by molar-refractivity contribution is 4.80. The molecule has 2 rings (SSSR count). The molecule has 2 aliphatic rings. The molecule has 2 aliphatic heterocycles. The molecular weight excluding hydrogens is 192 g/mol. The molecule has 0 aromatic carbocycles. The first-order valence-corrected chi connectivity index (χ1v) is 5.81. The predicted molar refractivity (Wildman–Crippen MR) is 58.8 cm³/mol. The molecule has 0 amide bonds. The van der Waals surface area contributed by atoms with E-state index in [0.29, 0.717) is 6.04 Å². The van der Waals surface area contributed by atoms with E-state index in [0.717, 1.165) is 59.2 Å². The Bertz CT molecular complexity index is 177. The molecule has 0 spiro atoms. The highest BCUT2D eigenvalue weighted by atomic mass is 16.5. The molecule has 1 radical (unpaired) electrons. The summed E-state index contributed by atoms with van der Waals surface area (Å²) < 4.78 is 10.7. The Morgan fingerprint density at radius 3 is 2.07 bits per heavy atom. The van der Waals surface area contributed by atoms with Crippen LogP contribution in [0, 0.1) is 6.92 Å². The molecule has 1 atom stereocenters. The standard InChI is InChI=1S/C11H21N2O2/c1-11(13-4-8-15-9-5-13)10-12-2-6-14-7-3-12/h11H,1-10H2. The number of nitrogens with zero attached hydrogens (tertiary/aromatic N) is 2. The third kappa shape index (κ3) is 3.41. The van der Waals surface area contributed by atoms with Gasteiger partial charge in [0.25, 0.3) is 0 Å². The Balaban J connectivity index is 1.72. The van der Waals surface area contributed by atoms with E-state index in [4.69, 9.17) is 9.47 Å². The molecule has 0 bridgehead atoms. The Kier molecular flexibility index (Phi) is 4.38. The first-order valence-electron chi connectivity index (χ1n) is 5.81. The van der Waals surface area contributed by atoms with Crippen molar-refractivity contribution in [3.8, 4) is 0 Å². The van der Waals surface area contributed by atoms with Gasteiger partial charge in [-0.2, -0.15) is 0 Å². The molecule has 87 valence electrons. The minimum Gasteiger partial charge on any atom is -0.379 e. The summed E-state index contributed by atoms with van der Waals surface area (Å²) in [5.41, 5.74) is 0. The van der Waals surface area contributed by atoms with Gasteiger partial charge in [-0.15, -0.1) is 0 Å². The van der Waals surface area contributed by atoms with E-state index < -0.39 is 0 Å². The van der Waals surface area contributed by atoms with Crippen molar-refractivity contribution in [3.63, 3.8) is 0 Å². The van der Waals surface area contributed by atoms with Crippen molar-refractivity contribution >= 4 is 0 Å². The maximum Gasteiger partial charge on any atom is 0.0594 e. The number of ether oxygens (including phenoxy) is 2. The molecule has 0 aliphatic carbocycles. The summed E-state index contributed by atoms with van der Waals surface area (Å²) in [5, 5.41) is 0. The number of morpholine rings is 2. The van der Waals surface area contributed by atoms with E-state index in [9.17, 15) is 0 Å². The van der Waals surface area contributed by atoms with Gasteiger partial charge in [-0.3, -0.25) is 9.80 Å². The summed E-state index contributed by atoms with van der Waals surface area (Å²) in [6.07, 6.45) is 0. The molecule has 2 heterocycles. The molecular formula is C11H21N2O2. The van der Waals surface area contributed by atoms with Gasteiger partial charge in [0.1, 0.15) is 0 Å². The maximum atomic E-state index is 5.34. The molecule has 4 heteroatoms. The zero-order chi connectivity index (χ0) is 10.5. The van der Waals surface area contributed by atoms with Crippen molar-refractivity contribution in [2.75, 3.05) is 59.2 Å².